The van der Waals surface area contributed by atoms with Crippen molar-refractivity contribution in [3.05, 3.63) is 104 Å². The molecule has 1 aliphatic carbocycles. The molecule has 1 heterocycles. The molecule has 4 rings (SSSR count). The van der Waals surface area contributed by atoms with Crippen LogP contribution in [0.5, 0.6) is 0 Å². The van der Waals surface area contributed by atoms with Crippen molar-refractivity contribution in [2.24, 2.45) is 0 Å². The lowest BCUT2D eigenvalue weighted by atomic mass is 9.97. The number of aromatic amines is 1. The second kappa shape index (κ2) is 11.6. The fourth-order valence-corrected chi connectivity index (χ4v) is 5.46. The van der Waals surface area contributed by atoms with Gasteiger partial charge in [-0.15, -0.1) is 0 Å². The van der Waals surface area contributed by atoms with Gasteiger partial charge in [0.05, 0.1) is 12.3 Å². The highest BCUT2D eigenvalue weighted by Crippen LogP contribution is 2.25. The fraction of sp³-hybridized carbons (Fsp3) is 0.321. The number of allylic oxidation sites excluding steroid dienone is 1. The lowest BCUT2D eigenvalue weighted by molar-refractivity contribution is 0.0986. The van der Waals surface area contributed by atoms with Crippen LogP contribution in [-0.4, -0.2) is 36.7 Å². The summed E-state index contributed by atoms with van der Waals surface area (Å²) in [6, 6.07) is 15.5. The monoisotopic (exact) mass is 536 g/mol. The third-order valence-electron chi connectivity index (χ3n) is 6.58. The van der Waals surface area contributed by atoms with Gasteiger partial charge < -0.3 is 10.6 Å². The predicted octanol–water partition coefficient (Wildman–Crippen LogP) is 3.25. The lowest BCUT2D eigenvalue weighted by Gasteiger charge is -2.26. The average Bonchev–Trinajstić information content (AvgIpc) is 2.88. The third-order valence-corrected chi connectivity index (χ3v) is 7.44. The average molecular weight is 537 g/mol. The Hall–Kier alpha value is -3.92. The van der Waals surface area contributed by atoms with E-state index in [0.29, 0.717) is 12.0 Å². The Morgan fingerprint density at radius 1 is 1.03 bits per heavy atom. The van der Waals surface area contributed by atoms with Crippen molar-refractivity contribution in [2.45, 2.75) is 44.4 Å². The van der Waals surface area contributed by atoms with E-state index in [-0.39, 0.29) is 35.9 Å². The number of nitrogens with two attached hydrogens (primary N) is 1. The van der Waals surface area contributed by atoms with E-state index in [1.54, 1.807) is 24.3 Å². The molecule has 3 N–H and O–H groups in total. The zero-order chi connectivity index (χ0) is 27.3. The highest BCUT2D eigenvalue weighted by Gasteiger charge is 2.26. The minimum absolute atomic E-state index is 0.0813. The van der Waals surface area contributed by atoms with Crippen molar-refractivity contribution < 1.29 is 13.2 Å². The molecule has 1 aromatic heterocycles. The Kier molecular flexibility index (Phi) is 8.31. The number of anilines is 2. The topological polar surface area (TPSA) is 135 Å². The molecule has 0 aliphatic heterocycles. The molecule has 0 saturated heterocycles. The molecule has 1 amide bonds. The molecule has 0 atom stereocenters. The number of carbonyl (C=O) groups is 1. The number of nitrogens with one attached hydrogen (secondary N) is 1. The number of sulfone groups is 1. The van der Waals surface area contributed by atoms with Crippen LogP contribution in [0.4, 0.5) is 11.5 Å². The lowest BCUT2D eigenvalue weighted by Crippen LogP contribution is -2.42. The zero-order valence-corrected chi connectivity index (χ0v) is 22.2. The van der Waals surface area contributed by atoms with Crippen LogP contribution in [0.15, 0.2) is 75.8 Å². The highest BCUT2D eigenvalue weighted by molar-refractivity contribution is 7.89. The van der Waals surface area contributed by atoms with Crippen LogP contribution in [0.2, 0.25) is 0 Å². The van der Waals surface area contributed by atoms with Crippen LogP contribution in [0.1, 0.15) is 53.6 Å². The van der Waals surface area contributed by atoms with Crippen LogP contribution >= 0.6 is 0 Å². The summed E-state index contributed by atoms with van der Waals surface area (Å²) in [6.07, 6.45) is 8.00. The van der Waals surface area contributed by atoms with E-state index in [1.165, 1.54) is 15.0 Å². The summed E-state index contributed by atoms with van der Waals surface area (Å²) in [5.74, 6) is -0.701. The summed E-state index contributed by atoms with van der Waals surface area (Å²) >= 11 is 0. The third kappa shape index (κ3) is 6.69. The number of hydrogen-bond acceptors (Lipinski definition) is 6. The maximum Gasteiger partial charge on any atom is 0.330 e. The van der Waals surface area contributed by atoms with Crippen LogP contribution in [0.25, 0.3) is 0 Å². The first-order valence-electron chi connectivity index (χ1n) is 12.6. The number of amides is 1. The number of rotatable bonds is 9. The molecule has 9 nitrogen and oxygen atoms in total. The molecule has 0 bridgehead atoms. The van der Waals surface area contributed by atoms with E-state index >= 15 is 0 Å². The summed E-state index contributed by atoms with van der Waals surface area (Å²) in [4.78, 5) is 43.2. The van der Waals surface area contributed by atoms with Gasteiger partial charge in [0.15, 0.2) is 15.5 Å². The molecule has 0 unspecified atom stereocenters. The maximum absolute atomic E-state index is 13.8. The Morgan fingerprint density at radius 2 is 1.74 bits per heavy atom. The molecule has 0 saturated carbocycles. The zero-order valence-electron chi connectivity index (χ0n) is 21.4. The van der Waals surface area contributed by atoms with E-state index < -0.39 is 27.0 Å². The predicted molar refractivity (Wildman–Crippen MR) is 149 cm³/mol. The van der Waals surface area contributed by atoms with Gasteiger partial charge in [-0.05, 0) is 55.4 Å². The maximum atomic E-state index is 13.8. The Bertz CT molecular complexity index is 1560. The first-order valence-corrected chi connectivity index (χ1v) is 14.6. The molecule has 2 aromatic carbocycles. The Balaban J connectivity index is 1.73. The number of nitrogens with zero attached hydrogens (tertiary/aromatic N) is 2. The second-order valence-electron chi connectivity index (χ2n) is 9.65. The van der Waals surface area contributed by atoms with Crippen molar-refractivity contribution in [1.29, 1.82) is 0 Å². The van der Waals surface area contributed by atoms with Crippen LogP contribution in [0.3, 0.4) is 0 Å². The van der Waals surface area contributed by atoms with E-state index in [9.17, 15) is 22.8 Å². The first-order chi connectivity index (χ1) is 18.1. The smallest absolute Gasteiger partial charge is 0.330 e. The normalized spacial score (nSPS) is 13.7. The molecule has 38 heavy (non-hydrogen) atoms. The van der Waals surface area contributed by atoms with E-state index in [1.807, 2.05) is 30.3 Å². The number of benzene rings is 2. The van der Waals surface area contributed by atoms with Crippen molar-refractivity contribution in [1.82, 2.24) is 9.55 Å². The quantitative estimate of drug-likeness (QED) is 0.403. The van der Waals surface area contributed by atoms with Crippen molar-refractivity contribution in [3.63, 3.8) is 0 Å². The second-order valence-corrected chi connectivity index (χ2v) is 11.8. The van der Waals surface area contributed by atoms with Gasteiger partial charge in [0.1, 0.15) is 5.82 Å². The molecule has 0 radical (unpaired) electrons. The molecule has 200 valence electrons. The summed E-state index contributed by atoms with van der Waals surface area (Å²) in [6.45, 7) is 0.329. The molecule has 10 heteroatoms. The minimum atomic E-state index is -3.23. The number of aromatic nitrogens is 2. The van der Waals surface area contributed by atoms with Gasteiger partial charge in [0.25, 0.3) is 11.5 Å². The number of hydrogen-bond donors (Lipinski definition) is 2. The molecular formula is C28H32N4O5S. The van der Waals surface area contributed by atoms with Crippen molar-refractivity contribution in [2.75, 3.05) is 23.4 Å². The van der Waals surface area contributed by atoms with Gasteiger partial charge in [-0.25, -0.2) is 13.2 Å². The minimum Gasteiger partial charge on any atom is -0.383 e. The van der Waals surface area contributed by atoms with E-state index in [4.69, 9.17) is 5.73 Å². The van der Waals surface area contributed by atoms with E-state index in [0.717, 1.165) is 37.5 Å². The molecule has 3 aromatic rings. The molecule has 0 fully saturated rings. The van der Waals surface area contributed by atoms with Crippen LogP contribution in [-0.2, 0) is 22.1 Å². The fourth-order valence-electron chi connectivity index (χ4n) is 4.67. The summed E-state index contributed by atoms with van der Waals surface area (Å²) in [5, 5.41) is 0. The number of nitrogen functional groups attached to an aromatic ring is 1. The number of carbonyl (C=O) groups excluding carboxylic acids is 1. The van der Waals surface area contributed by atoms with E-state index in [2.05, 4.69) is 11.1 Å². The first kappa shape index (κ1) is 27.1. The molecular weight excluding hydrogens is 504 g/mol. The van der Waals surface area contributed by atoms with Gasteiger partial charge in [0.2, 0.25) is 0 Å². The van der Waals surface area contributed by atoms with Gasteiger partial charge in [-0.1, -0.05) is 54.1 Å². The molecule has 1 aliphatic rings. The summed E-state index contributed by atoms with van der Waals surface area (Å²) in [5.41, 5.74) is 7.79. The van der Waals surface area contributed by atoms with Crippen LogP contribution < -0.4 is 21.9 Å². The van der Waals surface area contributed by atoms with Gasteiger partial charge in [0, 0.05) is 18.4 Å². The van der Waals surface area contributed by atoms with Gasteiger partial charge in [-0.3, -0.25) is 19.1 Å². The molecule has 0 spiro atoms. The van der Waals surface area contributed by atoms with Gasteiger partial charge >= 0.3 is 5.69 Å². The summed E-state index contributed by atoms with van der Waals surface area (Å²) in [7, 11) is -3.23. The summed E-state index contributed by atoms with van der Waals surface area (Å²) < 4.78 is 24.6. The number of H-pyrrole nitrogens is 1. The highest BCUT2D eigenvalue weighted by atomic mass is 32.2. The van der Waals surface area contributed by atoms with Crippen LogP contribution in [0, 0.1) is 0 Å². The van der Waals surface area contributed by atoms with Gasteiger partial charge in [-0.2, -0.15) is 0 Å². The van der Waals surface area contributed by atoms with Crippen molar-refractivity contribution >= 4 is 27.2 Å². The standard InChI is InChI=1S/C28H32N4O5S/c1-38(36,37)19-22-12-14-23(15-13-22)27(34)31(17-16-20-8-4-2-5-9-20)24-25(29)32(28(35)30-26(24)33)18-21-10-6-3-7-11-21/h3,6-8,10-15H,2,4-5,9,16-19,29H2,1H3,(H,30,33,35). The SMILES string of the molecule is CS(=O)(=O)Cc1ccc(C(=O)N(CCC2=CCCCC2)c2c(N)n(Cc3ccccc3)c(=O)[nH]c2=O)cc1. The Labute approximate surface area is 221 Å². The Morgan fingerprint density at radius 3 is 2.37 bits per heavy atom. The van der Waals surface area contributed by atoms with Crippen molar-refractivity contribution in [3.8, 4) is 0 Å². The largest absolute Gasteiger partial charge is 0.383 e.